The van der Waals surface area contributed by atoms with Crippen LogP contribution in [0.1, 0.15) is 24.0 Å². The van der Waals surface area contributed by atoms with E-state index in [-0.39, 0.29) is 28.1 Å². The number of carbonyl (C=O) groups is 1. The fraction of sp³-hybridized carbons (Fsp3) is 0.200. The first-order chi connectivity index (χ1) is 11.8. The van der Waals surface area contributed by atoms with Gasteiger partial charge in [0.05, 0.1) is 17.2 Å². The fourth-order valence-corrected chi connectivity index (χ4v) is 3.50. The second kappa shape index (κ2) is 6.38. The van der Waals surface area contributed by atoms with Crippen molar-refractivity contribution in [1.82, 2.24) is 9.97 Å². The Hall–Kier alpha value is -2.58. The number of aromatic nitrogens is 2. The number of benzene rings is 1. The highest BCUT2D eigenvalue weighted by Crippen LogP contribution is 2.42. The van der Waals surface area contributed by atoms with Gasteiger partial charge in [-0.15, -0.1) is 0 Å². The molecule has 0 unspecified atom stereocenters. The lowest BCUT2D eigenvalue weighted by molar-refractivity contribution is -0.118. The summed E-state index contributed by atoms with van der Waals surface area (Å²) in [5, 5.41) is 15.5. The predicted molar refractivity (Wildman–Crippen MR) is 94.6 cm³/mol. The van der Waals surface area contributed by atoms with Crippen LogP contribution in [0.4, 0.5) is 11.8 Å². The molecule has 5 N–H and O–H groups in total. The molecule has 0 radical (unpaired) electrons. The van der Waals surface area contributed by atoms with Gasteiger partial charge in [-0.05, 0) is 24.6 Å². The average molecular weight is 382 g/mol. The molecular formula is C15H13Cl2N5O3. The number of rotatable bonds is 2. The summed E-state index contributed by atoms with van der Waals surface area (Å²) in [7, 11) is 0. The maximum Gasteiger partial charge on any atom is 0.258 e. The van der Waals surface area contributed by atoms with Gasteiger partial charge in [0.2, 0.25) is 11.9 Å². The number of anilines is 2. The van der Waals surface area contributed by atoms with Crippen LogP contribution < -0.4 is 16.6 Å². The number of hydrogen-bond donors (Lipinski definition) is 4. The van der Waals surface area contributed by atoms with Crippen molar-refractivity contribution in [3.8, 4) is 0 Å². The van der Waals surface area contributed by atoms with Gasteiger partial charge in [-0.3, -0.25) is 14.6 Å². The molecule has 1 amide bonds. The standard InChI is InChI=1S/C15H13Cl2N5O3/c1-5(22-25)9-10(7-3-2-6(16)4-8(7)17)11-12(19-13(9)23)20-15(18)21-14(11)24/h2-4,9-10,25H,1H3,(H4,18,19,20,21,23,24)/b22-5+/t9-,10-/m0/s1. The zero-order valence-corrected chi connectivity index (χ0v) is 14.4. The van der Waals surface area contributed by atoms with Crippen LogP contribution in [0.25, 0.3) is 0 Å². The molecule has 130 valence electrons. The Balaban J connectivity index is 2.33. The molecule has 2 aromatic rings. The highest BCUT2D eigenvalue weighted by atomic mass is 35.5. The van der Waals surface area contributed by atoms with Crippen LogP contribution >= 0.6 is 23.2 Å². The minimum absolute atomic E-state index is 0.0456. The topological polar surface area (TPSA) is 133 Å². The lowest BCUT2D eigenvalue weighted by atomic mass is 9.76. The van der Waals surface area contributed by atoms with Gasteiger partial charge in [-0.2, -0.15) is 4.98 Å². The number of oxime groups is 1. The zero-order valence-electron chi connectivity index (χ0n) is 12.9. The molecule has 25 heavy (non-hydrogen) atoms. The van der Waals surface area contributed by atoms with Gasteiger partial charge in [0.15, 0.2) is 0 Å². The maximum absolute atomic E-state index is 12.6. The molecule has 0 saturated carbocycles. The van der Waals surface area contributed by atoms with Gasteiger partial charge in [-0.25, -0.2) is 0 Å². The monoisotopic (exact) mass is 381 g/mol. The first kappa shape index (κ1) is 17.2. The predicted octanol–water partition coefficient (Wildman–Crippen LogP) is 2.21. The molecule has 0 saturated heterocycles. The Bertz CT molecular complexity index is 957. The van der Waals surface area contributed by atoms with Crippen LogP contribution in [-0.2, 0) is 4.79 Å². The van der Waals surface area contributed by atoms with Gasteiger partial charge in [0.1, 0.15) is 5.82 Å². The quantitative estimate of drug-likeness (QED) is 0.359. The van der Waals surface area contributed by atoms with E-state index in [2.05, 4.69) is 20.4 Å². The first-order valence-corrected chi connectivity index (χ1v) is 7.93. The van der Waals surface area contributed by atoms with E-state index in [0.717, 1.165) is 0 Å². The van der Waals surface area contributed by atoms with Crippen molar-refractivity contribution >= 4 is 46.6 Å². The third kappa shape index (κ3) is 2.94. The van der Waals surface area contributed by atoms with E-state index in [9.17, 15) is 14.8 Å². The van der Waals surface area contributed by atoms with E-state index in [4.69, 9.17) is 28.9 Å². The molecule has 1 aromatic carbocycles. The Morgan fingerprint density at radius 2 is 2.08 bits per heavy atom. The average Bonchev–Trinajstić information content (AvgIpc) is 2.52. The van der Waals surface area contributed by atoms with Crippen LogP contribution in [0.2, 0.25) is 10.0 Å². The summed E-state index contributed by atoms with van der Waals surface area (Å²) < 4.78 is 0. The number of hydrogen-bond acceptors (Lipinski definition) is 6. The van der Waals surface area contributed by atoms with E-state index < -0.39 is 23.3 Å². The molecular weight excluding hydrogens is 369 g/mol. The van der Waals surface area contributed by atoms with Crippen molar-refractivity contribution in [3.05, 3.63) is 49.7 Å². The molecule has 0 bridgehead atoms. The SMILES string of the molecule is C/C(=N\O)[C@@H]1C(=O)Nc2nc(N)[nH]c(=O)c2[C@H]1c1ccc(Cl)cc1Cl. The molecule has 0 spiro atoms. The minimum atomic E-state index is -0.956. The third-order valence-corrected chi connectivity index (χ3v) is 4.61. The number of carbonyl (C=O) groups excluding carboxylic acids is 1. The van der Waals surface area contributed by atoms with Crippen LogP contribution in [0.5, 0.6) is 0 Å². The number of nitrogens with one attached hydrogen (secondary N) is 2. The highest BCUT2D eigenvalue weighted by Gasteiger charge is 2.42. The molecule has 1 aliphatic heterocycles. The van der Waals surface area contributed by atoms with E-state index in [1.807, 2.05) is 0 Å². The molecule has 0 aliphatic carbocycles. The number of amides is 1. The van der Waals surface area contributed by atoms with Crippen molar-refractivity contribution in [2.75, 3.05) is 11.1 Å². The van der Waals surface area contributed by atoms with Gasteiger partial charge in [0.25, 0.3) is 5.56 Å². The number of nitrogens with zero attached hydrogens (tertiary/aromatic N) is 2. The Kier molecular flexibility index (Phi) is 4.40. The lowest BCUT2D eigenvalue weighted by Gasteiger charge is -2.32. The number of nitrogen functional groups attached to an aromatic ring is 1. The molecule has 2 heterocycles. The van der Waals surface area contributed by atoms with E-state index in [1.165, 1.54) is 13.0 Å². The van der Waals surface area contributed by atoms with Crippen LogP contribution in [0, 0.1) is 5.92 Å². The van der Waals surface area contributed by atoms with Gasteiger partial charge in [-0.1, -0.05) is 34.4 Å². The minimum Gasteiger partial charge on any atom is -0.411 e. The number of H-pyrrole nitrogens is 1. The van der Waals surface area contributed by atoms with Crippen molar-refractivity contribution in [3.63, 3.8) is 0 Å². The van der Waals surface area contributed by atoms with E-state index in [0.29, 0.717) is 10.6 Å². The summed E-state index contributed by atoms with van der Waals surface area (Å²) >= 11 is 12.2. The van der Waals surface area contributed by atoms with Crippen molar-refractivity contribution in [1.29, 1.82) is 0 Å². The highest BCUT2D eigenvalue weighted by molar-refractivity contribution is 6.35. The number of halogens is 2. The van der Waals surface area contributed by atoms with E-state index in [1.54, 1.807) is 12.1 Å². The van der Waals surface area contributed by atoms with Crippen molar-refractivity contribution < 1.29 is 10.0 Å². The summed E-state index contributed by atoms with van der Waals surface area (Å²) in [6, 6.07) is 4.72. The Morgan fingerprint density at radius 1 is 1.36 bits per heavy atom. The molecule has 2 atom stereocenters. The maximum atomic E-state index is 12.6. The normalized spacial score (nSPS) is 20.1. The largest absolute Gasteiger partial charge is 0.411 e. The van der Waals surface area contributed by atoms with E-state index >= 15 is 0 Å². The Morgan fingerprint density at radius 3 is 2.72 bits per heavy atom. The summed E-state index contributed by atoms with van der Waals surface area (Å²) in [6.07, 6.45) is 0. The molecule has 0 fully saturated rings. The molecule has 1 aromatic heterocycles. The van der Waals surface area contributed by atoms with Crippen LogP contribution in [0.3, 0.4) is 0 Å². The lowest BCUT2D eigenvalue weighted by Crippen LogP contribution is -2.42. The second-order valence-electron chi connectivity index (χ2n) is 5.57. The molecule has 8 nitrogen and oxygen atoms in total. The number of nitrogens with two attached hydrogens (primary N) is 1. The van der Waals surface area contributed by atoms with Crippen LogP contribution in [-0.4, -0.2) is 26.8 Å². The van der Waals surface area contributed by atoms with Gasteiger partial charge < -0.3 is 16.3 Å². The molecule has 1 aliphatic rings. The smallest absolute Gasteiger partial charge is 0.258 e. The second-order valence-corrected chi connectivity index (χ2v) is 6.41. The summed E-state index contributed by atoms with van der Waals surface area (Å²) in [4.78, 5) is 31.5. The number of fused-ring (bicyclic) bond motifs is 1. The van der Waals surface area contributed by atoms with Crippen LogP contribution in [0.15, 0.2) is 28.1 Å². The molecule has 3 rings (SSSR count). The first-order valence-electron chi connectivity index (χ1n) is 7.17. The molecule has 10 heteroatoms. The van der Waals surface area contributed by atoms with Crippen molar-refractivity contribution in [2.45, 2.75) is 12.8 Å². The third-order valence-electron chi connectivity index (χ3n) is 4.05. The van der Waals surface area contributed by atoms with Gasteiger partial charge in [0, 0.05) is 16.0 Å². The number of aromatic amines is 1. The summed E-state index contributed by atoms with van der Waals surface area (Å²) in [6.45, 7) is 1.48. The fourth-order valence-electron chi connectivity index (χ4n) is 2.98. The van der Waals surface area contributed by atoms with Gasteiger partial charge >= 0.3 is 0 Å². The van der Waals surface area contributed by atoms with Crippen molar-refractivity contribution in [2.24, 2.45) is 11.1 Å². The Labute approximate surface area is 151 Å². The zero-order chi connectivity index (χ0) is 18.3. The summed E-state index contributed by atoms with van der Waals surface area (Å²) in [5.74, 6) is -2.35. The summed E-state index contributed by atoms with van der Waals surface area (Å²) in [5.41, 5.74) is 5.81.